The first kappa shape index (κ1) is 48.6. The number of H-pyrrole nitrogens is 1. The number of sulfonamides is 2. The lowest BCUT2D eigenvalue weighted by atomic mass is 9.88. The van der Waals surface area contributed by atoms with Crippen LogP contribution in [0.5, 0.6) is 0 Å². The Labute approximate surface area is 423 Å². The molecule has 0 spiro atoms. The van der Waals surface area contributed by atoms with Gasteiger partial charge in [-0.15, -0.1) is 0 Å². The second-order valence-electron chi connectivity index (χ2n) is 18.5. The molecule has 1 atom stereocenters. The number of nitrogens with one attached hydrogen (secondary N) is 3. The number of fused-ring (bicyclic) bond motifs is 2. The highest BCUT2D eigenvalue weighted by Gasteiger charge is 2.36. The average molecular weight is 991 g/mol. The maximum absolute atomic E-state index is 14.6. The van der Waals surface area contributed by atoms with E-state index >= 15 is 0 Å². The third-order valence-corrected chi connectivity index (χ3v) is 17.1. The molecule has 0 radical (unpaired) electrons. The summed E-state index contributed by atoms with van der Waals surface area (Å²) in [5, 5.41) is 6.97. The van der Waals surface area contributed by atoms with E-state index in [4.69, 9.17) is 4.98 Å². The van der Waals surface area contributed by atoms with Crippen molar-refractivity contribution >= 4 is 31.1 Å². The number of rotatable bonds is 20. The van der Waals surface area contributed by atoms with Crippen molar-refractivity contribution in [3.8, 4) is 11.1 Å². The molecule has 12 heteroatoms. The van der Waals surface area contributed by atoms with Crippen molar-refractivity contribution in [2.24, 2.45) is 0 Å². The number of aromatic amines is 1. The number of nitrogens with zero attached hydrogens (tertiary/aromatic N) is 3. The third kappa shape index (κ3) is 11.5. The fourth-order valence-corrected chi connectivity index (χ4v) is 12.7. The minimum atomic E-state index is -3.91. The van der Waals surface area contributed by atoms with Crippen LogP contribution in [-0.4, -0.2) is 35.4 Å². The van der Waals surface area contributed by atoms with Crippen LogP contribution in [0, 0.1) is 0 Å². The Hall–Kier alpha value is -7.03. The largest absolute Gasteiger partial charge is 0.341 e. The molecule has 3 N–H and O–H groups in total. The molecule has 72 heavy (non-hydrogen) atoms. The van der Waals surface area contributed by atoms with Crippen LogP contribution in [0.2, 0.25) is 0 Å². The van der Waals surface area contributed by atoms with Crippen molar-refractivity contribution in [1.29, 1.82) is 0 Å². The second kappa shape index (κ2) is 22.2. The monoisotopic (exact) mass is 990 g/mol. The standard InChI is InChI=1S/C60H58N6O4S2/c67-71(68,54-33-27-47(28-34-54)40-61-38-45-13-3-1-4-14-45)65(42-49-15-5-2-6-16-49)43-50-17-11-20-53(37-50)51-31-25-46(26-32-51)39-62-41-48-29-35-55(36-30-48)72(69,70)66(44-60-63-57-22-9-10-23-58(57)64-60)59-24-12-19-52-18-7-8-21-56(52)59/h1-11,13-18,20-23,25-37,59,61-62H,12,19,24,38-44H2,(H,63,64). The van der Waals surface area contributed by atoms with Crippen LogP contribution in [0.3, 0.4) is 0 Å². The first-order chi connectivity index (χ1) is 35.2. The highest BCUT2D eigenvalue weighted by molar-refractivity contribution is 7.89. The van der Waals surface area contributed by atoms with E-state index in [0.717, 1.165) is 81.3 Å². The summed E-state index contributed by atoms with van der Waals surface area (Å²) in [4.78, 5) is 8.63. The van der Waals surface area contributed by atoms with Crippen LogP contribution in [0.25, 0.3) is 22.2 Å². The molecule has 0 amide bonds. The van der Waals surface area contributed by atoms with Crippen LogP contribution in [0.1, 0.15) is 69.2 Å². The van der Waals surface area contributed by atoms with Gasteiger partial charge in [-0.05, 0) is 117 Å². The molecule has 0 saturated carbocycles. The van der Waals surface area contributed by atoms with Crippen molar-refractivity contribution < 1.29 is 16.8 Å². The van der Waals surface area contributed by atoms with Crippen molar-refractivity contribution in [2.75, 3.05) is 0 Å². The van der Waals surface area contributed by atoms with Crippen molar-refractivity contribution in [3.05, 3.63) is 257 Å². The summed E-state index contributed by atoms with van der Waals surface area (Å²) in [7, 11) is -7.77. The van der Waals surface area contributed by atoms with Gasteiger partial charge < -0.3 is 15.6 Å². The molecule has 1 aromatic heterocycles. The van der Waals surface area contributed by atoms with Crippen LogP contribution in [0.4, 0.5) is 0 Å². The molecular formula is C60H58N6O4S2. The molecule has 0 bridgehead atoms. The molecule has 1 aliphatic rings. The van der Waals surface area contributed by atoms with Gasteiger partial charge >= 0.3 is 0 Å². The zero-order chi connectivity index (χ0) is 49.3. The fourth-order valence-electron chi connectivity index (χ4n) is 9.64. The lowest BCUT2D eigenvalue weighted by Gasteiger charge is -2.34. The number of benzene rings is 8. The Morgan fingerprint density at radius 3 is 1.67 bits per heavy atom. The topological polar surface area (TPSA) is 128 Å². The quantitative estimate of drug-likeness (QED) is 0.0694. The van der Waals surface area contributed by atoms with Crippen molar-refractivity contribution in [3.63, 3.8) is 0 Å². The predicted octanol–water partition coefficient (Wildman–Crippen LogP) is 11.5. The third-order valence-electron chi connectivity index (χ3n) is 13.5. The maximum Gasteiger partial charge on any atom is 0.244 e. The summed E-state index contributed by atoms with van der Waals surface area (Å²) < 4.78 is 61.1. The minimum absolute atomic E-state index is 0.131. The zero-order valence-electron chi connectivity index (χ0n) is 40.1. The van der Waals surface area contributed by atoms with Gasteiger partial charge in [0.1, 0.15) is 5.82 Å². The van der Waals surface area contributed by atoms with E-state index in [-0.39, 0.29) is 35.5 Å². The highest BCUT2D eigenvalue weighted by Crippen LogP contribution is 2.38. The number of imidazole rings is 1. The van der Waals surface area contributed by atoms with Gasteiger partial charge in [-0.1, -0.05) is 164 Å². The first-order valence-corrected chi connectivity index (χ1v) is 27.4. The fraction of sp³-hybridized carbons (Fsp3) is 0.183. The zero-order valence-corrected chi connectivity index (χ0v) is 41.7. The minimum Gasteiger partial charge on any atom is -0.341 e. The van der Waals surface area contributed by atoms with Gasteiger partial charge in [-0.3, -0.25) is 0 Å². The number of hydrogen-bond acceptors (Lipinski definition) is 7. The molecule has 8 aromatic carbocycles. The Kier molecular flexibility index (Phi) is 15.0. The van der Waals surface area contributed by atoms with E-state index in [2.05, 4.69) is 70.2 Å². The summed E-state index contributed by atoms with van der Waals surface area (Å²) in [5.41, 5.74) is 12.0. The maximum atomic E-state index is 14.6. The molecule has 0 saturated heterocycles. The Bertz CT molecular complexity index is 3430. The van der Waals surface area contributed by atoms with Gasteiger partial charge in [-0.2, -0.15) is 8.61 Å². The summed E-state index contributed by atoms with van der Waals surface area (Å²) >= 11 is 0. The summed E-state index contributed by atoms with van der Waals surface area (Å²) in [6.45, 7) is 3.10. The van der Waals surface area contributed by atoms with Crippen LogP contribution in [-0.2, 0) is 72.3 Å². The van der Waals surface area contributed by atoms with Crippen LogP contribution < -0.4 is 10.6 Å². The summed E-state index contributed by atoms with van der Waals surface area (Å²) in [6.07, 6.45) is 2.57. The van der Waals surface area contributed by atoms with E-state index in [1.165, 1.54) is 11.1 Å². The molecule has 1 unspecified atom stereocenters. The van der Waals surface area contributed by atoms with Gasteiger partial charge in [-0.25, -0.2) is 21.8 Å². The molecule has 10 nitrogen and oxygen atoms in total. The molecule has 10 rings (SSSR count). The van der Waals surface area contributed by atoms with Crippen LogP contribution >= 0.6 is 0 Å². The van der Waals surface area contributed by atoms with Crippen molar-refractivity contribution in [1.82, 2.24) is 29.2 Å². The van der Waals surface area contributed by atoms with E-state index in [9.17, 15) is 16.8 Å². The van der Waals surface area contributed by atoms with Gasteiger partial charge in [0.2, 0.25) is 20.0 Å². The van der Waals surface area contributed by atoms with Gasteiger partial charge in [0.25, 0.3) is 0 Å². The normalized spacial score (nSPS) is 13.9. The number of aromatic nitrogens is 2. The number of aryl methyl sites for hydroxylation is 1. The van der Waals surface area contributed by atoms with E-state index in [1.54, 1.807) is 32.9 Å². The lowest BCUT2D eigenvalue weighted by molar-refractivity contribution is 0.283. The molecule has 9 aromatic rings. The Morgan fingerprint density at radius 1 is 0.486 bits per heavy atom. The number of para-hydroxylation sites is 2. The SMILES string of the molecule is O=S(=O)(c1ccc(CNCc2ccccc2)cc1)N(Cc1ccccc1)Cc1cccc(-c2ccc(CNCc3ccc(S(=O)(=O)N(Cc4nc5ccccc5[nH]4)C4CCCc5ccccc54)cc3)cc2)c1. The van der Waals surface area contributed by atoms with E-state index in [1.807, 2.05) is 127 Å². The second-order valence-corrected chi connectivity index (χ2v) is 22.3. The van der Waals surface area contributed by atoms with E-state index < -0.39 is 20.0 Å². The van der Waals surface area contributed by atoms with E-state index in [0.29, 0.717) is 25.5 Å². The van der Waals surface area contributed by atoms with Gasteiger partial charge in [0.15, 0.2) is 0 Å². The molecular weight excluding hydrogens is 933 g/mol. The predicted molar refractivity (Wildman–Crippen MR) is 286 cm³/mol. The molecule has 364 valence electrons. The van der Waals surface area contributed by atoms with Crippen molar-refractivity contribution in [2.45, 2.75) is 80.9 Å². The molecule has 0 aliphatic heterocycles. The Morgan fingerprint density at radius 2 is 1.01 bits per heavy atom. The molecule has 0 fully saturated rings. The molecule has 1 aliphatic carbocycles. The number of hydrogen-bond donors (Lipinski definition) is 3. The Balaban J connectivity index is 0.779. The molecule has 1 heterocycles. The highest BCUT2D eigenvalue weighted by atomic mass is 32.2. The van der Waals surface area contributed by atoms with Gasteiger partial charge in [0.05, 0.1) is 33.4 Å². The first-order valence-electron chi connectivity index (χ1n) is 24.5. The average Bonchev–Trinajstić information content (AvgIpc) is 3.84. The van der Waals surface area contributed by atoms with Gasteiger partial charge in [0, 0.05) is 39.3 Å². The van der Waals surface area contributed by atoms with Crippen LogP contribution in [0.15, 0.2) is 216 Å². The lowest BCUT2D eigenvalue weighted by Crippen LogP contribution is -2.36. The summed E-state index contributed by atoms with van der Waals surface area (Å²) in [6, 6.07) is 66.4. The summed E-state index contributed by atoms with van der Waals surface area (Å²) in [5.74, 6) is 0.612. The smallest absolute Gasteiger partial charge is 0.244 e.